The molecule has 0 saturated carbocycles. The highest BCUT2D eigenvalue weighted by Crippen LogP contribution is 2.52. The smallest absolute Gasteiger partial charge is 0.330 e. The molecule has 41 heavy (non-hydrogen) atoms. The Bertz CT molecular complexity index is 1150. The van der Waals surface area contributed by atoms with E-state index in [1.54, 1.807) is 27.4 Å². The summed E-state index contributed by atoms with van der Waals surface area (Å²) in [5, 5.41) is 0. The lowest BCUT2D eigenvalue weighted by Gasteiger charge is -2.38. The molecule has 1 N–H and O–H groups in total. The van der Waals surface area contributed by atoms with Crippen molar-refractivity contribution in [2.45, 2.75) is 83.5 Å². The SMILES string of the molecule is [C-]#[N+]CCOP(O[C@H]1[C@@H](OCCOC)[C@H](n2cc(C)c(=O)[nH]c2=O)O[C@@H]1CC(OC)P(C)(C)=O)N(C(C)C)C(C)C. The van der Waals surface area contributed by atoms with Crippen molar-refractivity contribution in [1.29, 1.82) is 0 Å². The monoisotopic (exact) mass is 620 g/mol. The Labute approximate surface area is 243 Å². The third kappa shape index (κ3) is 9.78. The average Bonchev–Trinajstić information content (AvgIpc) is 3.20. The number of aromatic amines is 1. The summed E-state index contributed by atoms with van der Waals surface area (Å²) in [6.45, 7) is 21.0. The third-order valence-electron chi connectivity index (χ3n) is 6.57. The summed E-state index contributed by atoms with van der Waals surface area (Å²) in [5.74, 6) is -0.647. The van der Waals surface area contributed by atoms with E-state index < -0.39 is 57.3 Å². The molecule has 0 bridgehead atoms. The largest absolute Gasteiger partial charge is 0.382 e. The molecule has 0 aromatic carbocycles. The first-order valence-electron chi connectivity index (χ1n) is 13.6. The fourth-order valence-corrected chi connectivity index (χ4v) is 7.65. The molecule has 1 aliphatic heterocycles. The lowest BCUT2D eigenvalue weighted by molar-refractivity contribution is -0.0801. The van der Waals surface area contributed by atoms with Crippen LogP contribution in [-0.4, -0.2) is 104 Å². The van der Waals surface area contributed by atoms with E-state index in [4.69, 9.17) is 34.6 Å². The second-order valence-corrected chi connectivity index (χ2v) is 15.7. The number of methoxy groups -OCH3 is 2. The molecule has 0 amide bonds. The Balaban J connectivity index is 2.65. The van der Waals surface area contributed by atoms with Crippen molar-refractivity contribution in [2.75, 3.05) is 53.9 Å². The molecule has 1 aromatic rings. The molecule has 1 saturated heterocycles. The van der Waals surface area contributed by atoms with Crippen molar-refractivity contribution in [3.05, 3.63) is 44.0 Å². The van der Waals surface area contributed by atoms with Crippen LogP contribution in [0.5, 0.6) is 0 Å². The van der Waals surface area contributed by atoms with E-state index in [9.17, 15) is 14.2 Å². The summed E-state index contributed by atoms with van der Waals surface area (Å²) in [5.41, 5.74) is -0.836. The molecule has 1 fully saturated rings. The van der Waals surface area contributed by atoms with Gasteiger partial charge in [0.2, 0.25) is 6.54 Å². The number of H-pyrrole nitrogens is 1. The minimum Gasteiger partial charge on any atom is -0.382 e. The first-order valence-corrected chi connectivity index (χ1v) is 17.4. The minimum atomic E-state index is -2.73. The van der Waals surface area contributed by atoms with Gasteiger partial charge in [0.25, 0.3) is 14.1 Å². The van der Waals surface area contributed by atoms with Crippen LogP contribution in [-0.2, 0) is 32.6 Å². The second kappa shape index (κ2) is 16.4. The zero-order valence-corrected chi connectivity index (χ0v) is 27.4. The molecule has 1 aliphatic rings. The van der Waals surface area contributed by atoms with Gasteiger partial charge in [-0.1, -0.05) is 0 Å². The van der Waals surface area contributed by atoms with Gasteiger partial charge in [0.1, 0.15) is 31.8 Å². The standard InChI is InChI=1S/C26H46N4O9P2/c1-17(2)30(18(3)4)40(37-12-11-27-6)39-22-20(15-21(35-8)41(9,10)33)38-25(23(22)36-14-13-34-7)29-16-19(5)24(31)28-26(29)32/h16-18,20-23,25H,11-15H2,1-5,7-10H3,(H,28,31,32)/t20-,21?,22-,23-,25-,40?/m1/s1. The van der Waals surface area contributed by atoms with E-state index in [0.717, 1.165) is 0 Å². The first kappa shape index (κ1) is 35.7. The highest BCUT2D eigenvalue weighted by molar-refractivity contribution is 7.62. The van der Waals surface area contributed by atoms with E-state index in [1.807, 2.05) is 27.7 Å². The molecule has 2 unspecified atom stereocenters. The normalized spacial score (nSPS) is 22.9. The second-order valence-electron chi connectivity index (χ2n) is 10.8. The molecule has 2 heterocycles. The number of hydrogen-bond acceptors (Lipinski definition) is 10. The molecular formula is C26H46N4O9P2. The molecule has 6 atom stereocenters. The van der Waals surface area contributed by atoms with Gasteiger partial charge in [0.15, 0.2) is 6.23 Å². The average molecular weight is 621 g/mol. The fourth-order valence-electron chi connectivity index (χ4n) is 4.67. The molecular weight excluding hydrogens is 574 g/mol. The summed E-state index contributed by atoms with van der Waals surface area (Å²) >= 11 is 0. The maximum Gasteiger partial charge on any atom is 0.330 e. The molecule has 1 aromatic heterocycles. The molecule has 0 radical (unpaired) electrons. The van der Waals surface area contributed by atoms with E-state index in [-0.39, 0.29) is 44.9 Å². The van der Waals surface area contributed by atoms with Crippen LogP contribution in [0.25, 0.3) is 4.85 Å². The maximum absolute atomic E-state index is 13.1. The third-order valence-corrected chi connectivity index (χ3v) is 10.5. The van der Waals surface area contributed by atoms with Gasteiger partial charge in [0, 0.05) is 44.5 Å². The van der Waals surface area contributed by atoms with Crippen molar-refractivity contribution in [2.24, 2.45) is 0 Å². The molecule has 2 rings (SSSR count). The predicted octanol–water partition coefficient (Wildman–Crippen LogP) is 3.43. The molecule has 234 valence electrons. The summed E-state index contributed by atoms with van der Waals surface area (Å²) in [6, 6.07) is 0.0855. The van der Waals surface area contributed by atoms with Crippen molar-refractivity contribution >= 4 is 15.7 Å². The van der Waals surface area contributed by atoms with Gasteiger partial charge in [-0.15, -0.1) is 0 Å². The van der Waals surface area contributed by atoms with E-state index in [1.165, 1.54) is 17.9 Å². The van der Waals surface area contributed by atoms with Crippen LogP contribution >= 0.6 is 15.7 Å². The Morgan fingerprint density at radius 1 is 1.15 bits per heavy atom. The van der Waals surface area contributed by atoms with Gasteiger partial charge in [0.05, 0.1) is 19.3 Å². The van der Waals surface area contributed by atoms with Crippen LogP contribution < -0.4 is 11.2 Å². The van der Waals surface area contributed by atoms with Gasteiger partial charge in [-0.25, -0.2) is 16.0 Å². The predicted molar refractivity (Wildman–Crippen MR) is 158 cm³/mol. The van der Waals surface area contributed by atoms with Gasteiger partial charge < -0.3 is 37.4 Å². The zero-order valence-electron chi connectivity index (χ0n) is 25.6. The van der Waals surface area contributed by atoms with Crippen LogP contribution in [0.1, 0.15) is 45.9 Å². The number of hydrogen-bond donors (Lipinski definition) is 1. The van der Waals surface area contributed by atoms with E-state index in [2.05, 4.69) is 14.5 Å². The number of ether oxygens (including phenoxy) is 4. The first-order chi connectivity index (χ1) is 19.3. The minimum absolute atomic E-state index is 0.0428. The lowest BCUT2D eigenvalue weighted by atomic mass is 10.1. The van der Waals surface area contributed by atoms with Crippen LogP contribution in [0, 0.1) is 13.5 Å². The van der Waals surface area contributed by atoms with E-state index in [0.29, 0.717) is 5.56 Å². The van der Waals surface area contributed by atoms with Crippen molar-refractivity contribution < 1.29 is 32.6 Å². The summed E-state index contributed by atoms with van der Waals surface area (Å²) < 4.78 is 52.9. The zero-order chi connectivity index (χ0) is 30.9. The molecule has 0 spiro atoms. The van der Waals surface area contributed by atoms with Crippen molar-refractivity contribution in [1.82, 2.24) is 14.2 Å². The number of aromatic nitrogens is 2. The Kier molecular flexibility index (Phi) is 14.3. The highest BCUT2D eigenvalue weighted by Gasteiger charge is 2.51. The number of nitrogens with zero attached hydrogens (tertiary/aromatic N) is 3. The topological polar surface area (TPSA) is 135 Å². The van der Waals surface area contributed by atoms with Crippen LogP contribution in [0.15, 0.2) is 15.8 Å². The maximum atomic E-state index is 13.1. The van der Waals surface area contributed by atoms with Gasteiger partial charge >= 0.3 is 5.69 Å². The molecule has 15 heteroatoms. The van der Waals surface area contributed by atoms with Gasteiger partial charge in [-0.2, -0.15) is 0 Å². The van der Waals surface area contributed by atoms with Gasteiger partial charge in [-0.3, -0.25) is 14.3 Å². The fraction of sp³-hybridized carbons (Fsp3) is 0.808. The lowest BCUT2D eigenvalue weighted by Crippen LogP contribution is -2.42. The molecule has 0 aliphatic carbocycles. The van der Waals surface area contributed by atoms with Crippen molar-refractivity contribution in [3.8, 4) is 0 Å². The summed E-state index contributed by atoms with van der Waals surface area (Å²) in [4.78, 5) is 30.8. The van der Waals surface area contributed by atoms with Crippen LogP contribution in [0.4, 0.5) is 0 Å². The Morgan fingerprint density at radius 3 is 2.34 bits per heavy atom. The number of aryl methyl sites for hydroxylation is 1. The van der Waals surface area contributed by atoms with Crippen molar-refractivity contribution in [3.63, 3.8) is 0 Å². The Morgan fingerprint density at radius 2 is 1.80 bits per heavy atom. The summed E-state index contributed by atoms with van der Waals surface area (Å²) in [6.07, 6.45) is -1.71. The quantitative estimate of drug-likeness (QED) is 0.157. The van der Waals surface area contributed by atoms with Crippen LogP contribution in [0.3, 0.4) is 0 Å². The van der Waals surface area contributed by atoms with Gasteiger partial charge in [-0.05, 0) is 47.9 Å². The van der Waals surface area contributed by atoms with Crippen LogP contribution in [0.2, 0.25) is 0 Å². The number of rotatable bonds is 17. The Hall–Kier alpha value is -1.45. The molecule has 13 nitrogen and oxygen atoms in total. The summed E-state index contributed by atoms with van der Waals surface area (Å²) in [7, 11) is -1.40. The number of nitrogens with one attached hydrogen (secondary N) is 1. The van der Waals surface area contributed by atoms with E-state index >= 15 is 0 Å². The highest BCUT2D eigenvalue weighted by atomic mass is 31.2.